The Morgan fingerprint density at radius 2 is 1.30 bits per heavy atom. The predicted molar refractivity (Wildman–Crippen MR) is 135 cm³/mol. The zero-order valence-electron chi connectivity index (χ0n) is 17.3. The van der Waals surface area contributed by atoms with Gasteiger partial charge in [0.1, 0.15) is 18.7 Å². The fourth-order valence-corrected chi connectivity index (χ4v) is 3.98. The van der Waals surface area contributed by atoms with E-state index in [1.165, 1.54) is 13.2 Å². The lowest BCUT2D eigenvalue weighted by Crippen LogP contribution is -2.23. The van der Waals surface area contributed by atoms with Gasteiger partial charge in [-0.05, 0) is 47.2 Å². The maximum Gasteiger partial charge on any atom is 0.117 e. The zero-order valence-corrected chi connectivity index (χ0v) is 18.1. The molecular weight excluding hydrogens is 433 g/mol. The molecule has 0 amide bonds. The van der Waals surface area contributed by atoms with Gasteiger partial charge in [0.05, 0.1) is 34.8 Å². The topological polar surface area (TPSA) is 110 Å². The Balaban J connectivity index is 1.91. The van der Waals surface area contributed by atoms with E-state index in [-0.39, 0.29) is 16.0 Å². The van der Waals surface area contributed by atoms with Crippen LogP contribution in [0.15, 0.2) is 104 Å². The summed E-state index contributed by atoms with van der Waals surface area (Å²) in [5.41, 5.74) is 2.10. The van der Waals surface area contributed by atoms with Crippen LogP contribution in [0.25, 0.3) is 10.8 Å². The minimum absolute atomic E-state index is 0.0599. The lowest BCUT2D eigenvalue weighted by molar-refractivity contribution is 0.376. The highest BCUT2D eigenvalue weighted by molar-refractivity contribution is 8.19. The Morgan fingerprint density at radius 3 is 1.85 bits per heavy atom. The van der Waals surface area contributed by atoms with Crippen molar-refractivity contribution in [3.05, 3.63) is 78.9 Å². The van der Waals surface area contributed by atoms with E-state index in [1.54, 1.807) is 36.4 Å². The predicted octanol–water partition coefficient (Wildman–Crippen LogP) is 5.46. The maximum absolute atomic E-state index is 10.0. The fourth-order valence-electron chi connectivity index (χ4n) is 3.28. The molecule has 0 fully saturated rings. The minimum Gasteiger partial charge on any atom is -0.304 e. The third-order valence-corrected chi connectivity index (χ3v) is 5.71. The van der Waals surface area contributed by atoms with Gasteiger partial charge in [0.15, 0.2) is 0 Å². The summed E-state index contributed by atoms with van der Waals surface area (Å²) in [6.45, 7) is 0. The molecule has 11 heteroatoms. The molecule has 0 spiro atoms. The molecule has 0 saturated heterocycles. The summed E-state index contributed by atoms with van der Waals surface area (Å²) in [6.07, 6.45) is 0. The van der Waals surface area contributed by atoms with E-state index in [1.807, 2.05) is 36.4 Å². The Bertz CT molecular complexity index is 1350. The smallest absolute Gasteiger partial charge is 0.117 e. The molecule has 0 aliphatic carbocycles. The van der Waals surface area contributed by atoms with Crippen LogP contribution in [0, 0.1) is 0 Å². The standard InChI is InChI=1S/C22H16B3N4O3S/c23-20-19-14(11-12-17(21(19)25-24)28-26-15-7-3-1-4-8-15)13-18(33(30,31)32)22(20)29-27-16-9-5-2-6-10-16/h1-13,30-32H. The summed E-state index contributed by atoms with van der Waals surface area (Å²) in [6, 6.07) is 22.8. The number of nitrogens with zero attached hydrogens (tertiary/aromatic N) is 4. The van der Waals surface area contributed by atoms with Crippen LogP contribution in [-0.2, 0) is 0 Å². The van der Waals surface area contributed by atoms with E-state index < -0.39 is 10.9 Å². The van der Waals surface area contributed by atoms with Gasteiger partial charge in [0, 0.05) is 7.74 Å². The van der Waals surface area contributed by atoms with Gasteiger partial charge < -0.3 is 13.7 Å². The Morgan fingerprint density at radius 1 is 0.727 bits per heavy atom. The molecular formula is C22H16B3N4O3S. The van der Waals surface area contributed by atoms with Gasteiger partial charge in [0.2, 0.25) is 0 Å². The molecule has 7 nitrogen and oxygen atoms in total. The molecule has 0 aromatic heterocycles. The van der Waals surface area contributed by atoms with Crippen LogP contribution in [0.4, 0.5) is 22.7 Å². The number of benzene rings is 4. The van der Waals surface area contributed by atoms with E-state index >= 15 is 0 Å². The third kappa shape index (κ3) is 5.07. The van der Waals surface area contributed by atoms with Crippen molar-refractivity contribution in [3.8, 4) is 0 Å². The molecule has 4 aromatic rings. The van der Waals surface area contributed by atoms with E-state index in [0.717, 1.165) is 0 Å². The number of fused-ring (bicyclic) bond motifs is 1. The summed E-state index contributed by atoms with van der Waals surface area (Å²) < 4.78 is 30.0. The third-order valence-electron chi connectivity index (χ3n) is 4.81. The molecule has 33 heavy (non-hydrogen) atoms. The van der Waals surface area contributed by atoms with E-state index in [4.69, 9.17) is 15.6 Å². The summed E-state index contributed by atoms with van der Waals surface area (Å²) in [5, 5.41) is 17.7. The molecule has 0 aliphatic rings. The molecule has 4 aromatic carbocycles. The summed E-state index contributed by atoms with van der Waals surface area (Å²) in [7, 11) is 9.52. The Kier molecular flexibility index (Phi) is 6.76. The van der Waals surface area contributed by atoms with Crippen LogP contribution in [0.2, 0.25) is 0 Å². The number of rotatable bonds is 6. The number of azo groups is 2. The first-order chi connectivity index (χ1) is 15.9. The van der Waals surface area contributed by atoms with Gasteiger partial charge >= 0.3 is 0 Å². The number of hydrogen-bond donors (Lipinski definition) is 3. The highest BCUT2D eigenvalue weighted by atomic mass is 32.3. The molecule has 0 aliphatic heterocycles. The molecule has 4 rings (SSSR count). The van der Waals surface area contributed by atoms with Crippen molar-refractivity contribution in [1.82, 2.24) is 0 Å². The van der Waals surface area contributed by atoms with Crippen LogP contribution in [0.5, 0.6) is 0 Å². The van der Waals surface area contributed by atoms with Crippen LogP contribution >= 0.6 is 10.9 Å². The average Bonchev–Trinajstić information content (AvgIpc) is 2.82. The SMILES string of the molecule is [B][B]c1c(N=Nc2ccccc2)ccc2cc(S(O)(O)O)c(N=Nc3ccccc3)c([B])c12. The van der Waals surface area contributed by atoms with Crippen molar-refractivity contribution in [3.63, 3.8) is 0 Å². The Labute approximate surface area is 195 Å². The molecule has 0 unspecified atom stereocenters. The first-order valence-corrected chi connectivity index (χ1v) is 11.3. The normalized spacial score (nSPS) is 12.6. The second-order valence-corrected chi connectivity index (χ2v) is 8.47. The molecule has 0 atom stereocenters. The molecule has 0 heterocycles. The van der Waals surface area contributed by atoms with Gasteiger partial charge in [-0.25, -0.2) is 0 Å². The highest BCUT2D eigenvalue weighted by Crippen LogP contribution is 2.49. The van der Waals surface area contributed by atoms with E-state index in [0.29, 0.717) is 33.3 Å². The molecule has 5 radical (unpaired) electrons. The first-order valence-electron chi connectivity index (χ1n) is 9.77. The van der Waals surface area contributed by atoms with E-state index in [2.05, 4.69) is 20.5 Å². The van der Waals surface area contributed by atoms with Gasteiger partial charge in [-0.2, -0.15) is 15.3 Å². The quantitative estimate of drug-likeness (QED) is 0.269. The van der Waals surface area contributed by atoms with Gasteiger partial charge in [0.25, 0.3) is 0 Å². The second kappa shape index (κ2) is 9.72. The molecule has 0 saturated carbocycles. The van der Waals surface area contributed by atoms with Gasteiger partial charge in [-0.3, -0.25) is 0 Å². The van der Waals surface area contributed by atoms with Crippen LogP contribution in [-0.4, -0.2) is 36.4 Å². The lowest BCUT2D eigenvalue weighted by atomic mass is 9.49. The summed E-state index contributed by atoms with van der Waals surface area (Å²) >= 11 is 0. The zero-order chi connectivity index (χ0) is 23.4. The van der Waals surface area contributed by atoms with Crippen LogP contribution in [0.3, 0.4) is 0 Å². The van der Waals surface area contributed by atoms with Crippen molar-refractivity contribution < 1.29 is 13.7 Å². The molecule has 157 valence electrons. The maximum atomic E-state index is 10.0. The first kappa shape index (κ1) is 22.9. The average molecular weight is 449 g/mol. The van der Waals surface area contributed by atoms with Crippen molar-refractivity contribution in [2.45, 2.75) is 4.90 Å². The molecule has 3 N–H and O–H groups in total. The Hall–Kier alpha value is -3.24. The fraction of sp³-hybridized carbons (Fsp3) is 0. The van der Waals surface area contributed by atoms with Crippen molar-refractivity contribution in [2.75, 3.05) is 0 Å². The number of hydrogen-bond acceptors (Lipinski definition) is 7. The van der Waals surface area contributed by atoms with Gasteiger partial charge in [-0.15, -0.1) is 5.11 Å². The lowest BCUT2D eigenvalue weighted by Gasteiger charge is -2.24. The van der Waals surface area contributed by atoms with Crippen molar-refractivity contribution in [2.24, 2.45) is 20.5 Å². The summed E-state index contributed by atoms with van der Waals surface area (Å²) in [5.74, 6) is 0. The largest absolute Gasteiger partial charge is 0.304 e. The second-order valence-electron chi connectivity index (χ2n) is 6.99. The van der Waals surface area contributed by atoms with Crippen LogP contribution in [0.1, 0.15) is 0 Å². The van der Waals surface area contributed by atoms with Gasteiger partial charge in [-0.1, -0.05) is 53.4 Å². The highest BCUT2D eigenvalue weighted by Gasteiger charge is 2.24. The van der Waals surface area contributed by atoms with Crippen molar-refractivity contribution in [1.29, 1.82) is 0 Å². The van der Waals surface area contributed by atoms with Crippen molar-refractivity contribution >= 4 is 78.1 Å². The van der Waals surface area contributed by atoms with Crippen LogP contribution < -0.4 is 10.9 Å². The van der Waals surface area contributed by atoms with E-state index in [9.17, 15) is 13.7 Å². The molecule has 0 bridgehead atoms. The summed E-state index contributed by atoms with van der Waals surface area (Å²) in [4.78, 5) is -0.242. The monoisotopic (exact) mass is 449 g/mol. The minimum atomic E-state index is -4.14.